The van der Waals surface area contributed by atoms with E-state index in [9.17, 15) is 9.65 Å². The molecule has 0 aliphatic rings. The van der Waals surface area contributed by atoms with Crippen molar-refractivity contribution in [1.82, 2.24) is 4.98 Å². The number of nitriles is 1. The Kier molecular flexibility index (Phi) is 6.67. The standard InChI is InChI=1S/C29H21ClFN3O3/c1-35-26-13-24(22(30)12-23(26)31)34-27-18(14-32)15-33-28-19-10-11-25(37-16-17-6-4-3-5-7-17)29(36-2)20(19)8-9-21(27)28/h3-13,15H,16H2,1-2H3,(H,33,34). The summed E-state index contributed by atoms with van der Waals surface area (Å²) in [7, 11) is 2.97. The summed E-state index contributed by atoms with van der Waals surface area (Å²) in [4.78, 5) is 4.57. The van der Waals surface area contributed by atoms with Crippen molar-refractivity contribution in [2.45, 2.75) is 6.61 Å². The number of methoxy groups -OCH3 is 2. The molecule has 0 saturated carbocycles. The molecule has 4 aromatic carbocycles. The van der Waals surface area contributed by atoms with Crippen LogP contribution in [0.4, 0.5) is 15.8 Å². The number of nitrogens with zero attached hydrogens (tertiary/aromatic N) is 2. The number of nitrogens with one attached hydrogen (secondary N) is 1. The van der Waals surface area contributed by atoms with E-state index >= 15 is 0 Å². The third-order valence-corrected chi connectivity index (χ3v) is 6.32. The van der Waals surface area contributed by atoms with Gasteiger partial charge in [0.2, 0.25) is 0 Å². The van der Waals surface area contributed by atoms with Gasteiger partial charge in [-0.2, -0.15) is 5.26 Å². The Morgan fingerprint density at radius 2 is 1.70 bits per heavy atom. The van der Waals surface area contributed by atoms with Crippen LogP contribution in [0, 0.1) is 17.1 Å². The zero-order valence-electron chi connectivity index (χ0n) is 20.0. The molecule has 1 aromatic heterocycles. The summed E-state index contributed by atoms with van der Waals surface area (Å²) in [6.07, 6.45) is 1.49. The second-order valence-corrected chi connectivity index (χ2v) is 8.59. The molecule has 0 fully saturated rings. The van der Waals surface area contributed by atoms with Crippen LogP contribution in [-0.2, 0) is 6.61 Å². The molecule has 37 heavy (non-hydrogen) atoms. The van der Waals surface area contributed by atoms with Crippen molar-refractivity contribution in [3.8, 4) is 23.3 Å². The van der Waals surface area contributed by atoms with Crippen LogP contribution in [0.15, 0.2) is 72.9 Å². The number of rotatable bonds is 7. The average molecular weight is 514 g/mol. The van der Waals surface area contributed by atoms with Crippen molar-refractivity contribution in [2.24, 2.45) is 0 Å². The highest BCUT2D eigenvalue weighted by molar-refractivity contribution is 6.33. The Bertz CT molecular complexity index is 1670. The Labute approximate surface area is 217 Å². The molecule has 0 aliphatic carbocycles. The highest BCUT2D eigenvalue weighted by Gasteiger charge is 2.18. The Morgan fingerprint density at radius 1 is 0.946 bits per heavy atom. The third-order valence-electron chi connectivity index (χ3n) is 6.01. The molecule has 0 atom stereocenters. The van der Waals surface area contributed by atoms with E-state index in [1.54, 1.807) is 7.11 Å². The molecule has 0 unspecified atom stereocenters. The predicted molar refractivity (Wildman–Crippen MR) is 143 cm³/mol. The quantitative estimate of drug-likeness (QED) is 0.229. The smallest absolute Gasteiger partial charge is 0.168 e. The monoisotopic (exact) mass is 513 g/mol. The maximum atomic E-state index is 14.1. The van der Waals surface area contributed by atoms with Crippen molar-refractivity contribution in [1.29, 1.82) is 5.26 Å². The molecule has 5 rings (SSSR count). The minimum Gasteiger partial charge on any atom is -0.494 e. The number of anilines is 2. The van der Waals surface area contributed by atoms with Gasteiger partial charge in [-0.05, 0) is 35.9 Å². The van der Waals surface area contributed by atoms with Crippen LogP contribution in [0.1, 0.15) is 11.1 Å². The lowest BCUT2D eigenvalue weighted by atomic mass is 10.0. The Hall–Kier alpha value is -4.54. The van der Waals surface area contributed by atoms with Gasteiger partial charge in [-0.15, -0.1) is 0 Å². The summed E-state index contributed by atoms with van der Waals surface area (Å²) < 4.78 is 31.0. The second-order valence-electron chi connectivity index (χ2n) is 8.18. The van der Waals surface area contributed by atoms with Crippen molar-refractivity contribution in [3.05, 3.63) is 94.9 Å². The lowest BCUT2D eigenvalue weighted by Gasteiger charge is -2.17. The van der Waals surface area contributed by atoms with E-state index in [-0.39, 0.29) is 10.8 Å². The molecule has 0 spiro atoms. The first kappa shape index (κ1) is 24.2. The molecule has 0 aliphatic heterocycles. The number of halogens is 2. The summed E-state index contributed by atoms with van der Waals surface area (Å²) >= 11 is 6.29. The van der Waals surface area contributed by atoms with Crippen LogP contribution >= 0.6 is 11.6 Å². The largest absolute Gasteiger partial charge is 0.494 e. The molecule has 8 heteroatoms. The fourth-order valence-corrected chi connectivity index (χ4v) is 4.41. The van der Waals surface area contributed by atoms with Gasteiger partial charge >= 0.3 is 0 Å². The summed E-state index contributed by atoms with van der Waals surface area (Å²) in [6.45, 7) is 0.399. The van der Waals surface area contributed by atoms with Crippen molar-refractivity contribution in [2.75, 3.05) is 19.5 Å². The first-order valence-electron chi connectivity index (χ1n) is 11.3. The van der Waals surface area contributed by atoms with Gasteiger partial charge < -0.3 is 19.5 Å². The molecular formula is C29H21ClFN3O3. The van der Waals surface area contributed by atoms with Gasteiger partial charge in [0.1, 0.15) is 12.7 Å². The number of benzene rings is 4. The van der Waals surface area contributed by atoms with E-state index in [4.69, 9.17) is 25.8 Å². The van der Waals surface area contributed by atoms with E-state index in [2.05, 4.69) is 16.4 Å². The topological polar surface area (TPSA) is 76.4 Å². The maximum Gasteiger partial charge on any atom is 0.168 e. The summed E-state index contributed by atoms with van der Waals surface area (Å²) in [5, 5.41) is 15.4. The van der Waals surface area contributed by atoms with Crippen molar-refractivity contribution >= 4 is 44.7 Å². The van der Waals surface area contributed by atoms with Crippen LogP contribution in [0.5, 0.6) is 17.2 Å². The highest BCUT2D eigenvalue weighted by Crippen LogP contribution is 2.41. The van der Waals surface area contributed by atoms with E-state index in [1.807, 2.05) is 54.6 Å². The van der Waals surface area contributed by atoms with Gasteiger partial charge in [0, 0.05) is 28.4 Å². The zero-order chi connectivity index (χ0) is 25.9. The minimum absolute atomic E-state index is 0.0296. The SMILES string of the molecule is COc1cc(Nc2c(C#N)cnc3c2ccc2c(OC)c(OCc4ccccc4)ccc23)c(Cl)cc1F. The van der Waals surface area contributed by atoms with Gasteiger partial charge in [0.25, 0.3) is 0 Å². The molecule has 5 aromatic rings. The average Bonchev–Trinajstić information content (AvgIpc) is 2.93. The minimum atomic E-state index is -0.582. The number of hydrogen-bond donors (Lipinski definition) is 1. The third kappa shape index (κ3) is 4.55. The first-order valence-corrected chi connectivity index (χ1v) is 11.7. The number of aromatic nitrogens is 1. The molecular weight excluding hydrogens is 493 g/mol. The number of hydrogen-bond acceptors (Lipinski definition) is 6. The predicted octanol–water partition coefficient (Wildman–Crippen LogP) is 7.39. The van der Waals surface area contributed by atoms with Crippen molar-refractivity contribution < 1.29 is 18.6 Å². The van der Waals surface area contributed by atoms with E-state index in [0.29, 0.717) is 45.9 Å². The molecule has 184 valence electrons. The van der Waals surface area contributed by atoms with Gasteiger partial charge in [-0.25, -0.2) is 4.39 Å². The molecule has 1 heterocycles. The van der Waals surface area contributed by atoms with Gasteiger partial charge in [0.05, 0.1) is 41.7 Å². The lowest BCUT2D eigenvalue weighted by Crippen LogP contribution is -2.00. The number of fused-ring (bicyclic) bond motifs is 3. The molecule has 1 N–H and O–H groups in total. The molecule has 0 radical (unpaired) electrons. The lowest BCUT2D eigenvalue weighted by molar-refractivity contribution is 0.286. The maximum absolute atomic E-state index is 14.1. The molecule has 0 amide bonds. The van der Waals surface area contributed by atoms with E-state index in [1.165, 1.54) is 19.4 Å². The fourth-order valence-electron chi connectivity index (χ4n) is 4.22. The molecule has 0 bridgehead atoms. The van der Waals surface area contributed by atoms with E-state index in [0.717, 1.165) is 22.4 Å². The van der Waals surface area contributed by atoms with E-state index < -0.39 is 5.82 Å². The van der Waals surface area contributed by atoms with Crippen LogP contribution in [-0.4, -0.2) is 19.2 Å². The van der Waals surface area contributed by atoms with Gasteiger partial charge in [0.15, 0.2) is 23.1 Å². The van der Waals surface area contributed by atoms with Gasteiger partial charge in [-0.3, -0.25) is 4.98 Å². The highest BCUT2D eigenvalue weighted by atomic mass is 35.5. The first-order chi connectivity index (χ1) is 18.0. The van der Waals surface area contributed by atoms with Gasteiger partial charge in [-0.1, -0.05) is 41.9 Å². The van der Waals surface area contributed by atoms with Crippen LogP contribution in [0.2, 0.25) is 5.02 Å². The van der Waals surface area contributed by atoms with Crippen LogP contribution < -0.4 is 19.5 Å². The molecule has 6 nitrogen and oxygen atoms in total. The molecule has 0 saturated heterocycles. The summed E-state index contributed by atoms with van der Waals surface area (Å²) in [5.41, 5.74) is 2.89. The Balaban J connectivity index is 1.61. The normalized spacial score (nSPS) is 10.8. The number of pyridine rings is 1. The van der Waals surface area contributed by atoms with Crippen LogP contribution in [0.25, 0.3) is 21.7 Å². The van der Waals surface area contributed by atoms with Crippen LogP contribution in [0.3, 0.4) is 0 Å². The summed E-state index contributed by atoms with van der Waals surface area (Å²) in [6, 6.07) is 22.2. The summed E-state index contributed by atoms with van der Waals surface area (Å²) in [5.74, 6) is 0.640. The second kappa shape index (κ2) is 10.2. The number of ether oxygens (including phenoxy) is 3. The Morgan fingerprint density at radius 3 is 2.43 bits per heavy atom. The van der Waals surface area contributed by atoms with Crippen molar-refractivity contribution in [3.63, 3.8) is 0 Å². The fraction of sp³-hybridized carbons (Fsp3) is 0.103. The zero-order valence-corrected chi connectivity index (χ0v) is 20.8.